The summed E-state index contributed by atoms with van der Waals surface area (Å²) in [4.78, 5) is 21.3. The first-order valence-electron chi connectivity index (χ1n) is 8.64. The van der Waals surface area contributed by atoms with E-state index in [9.17, 15) is 4.79 Å². The molecule has 1 spiro atoms. The van der Waals surface area contributed by atoms with Gasteiger partial charge < -0.3 is 15.0 Å². The fourth-order valence-electron chi connectivity index (χ4n) is 3.37. The number of hydrogen-bond acceptors (Lipinski definition) is 5. The normalized spacial score (nSPS) is 19.4. The van der Waals surface area contributed by atoms with E-state index in [4.69, 9.17) is 4.74 Å². The van der Waals surface area contributed by atoms with E-state index >= 15 is 0 Å². The minimum Gasteiger partial charge on any atom is -0.444 e. The van der Waals surface area contributed by atoms with Crippen LogP contribution in [0.25, 0.3) is 0 Å². The Morgan fingerprint density at radius 3 is 2.58 bits per heavy atom. The molecule has 24 heavy (non-hydrogen) atoms. The third kappa shape index (κ3) is 3.28. The second-order valence-electron chi connectivity index (χ2n) is 7.89. The van der Waals surface area contributed by atoms with Crippen LogP contribution in [0.15, 0.2) is 12.3 Å². The number of pyridine rings is 1. The fraction of sp³-hybridized carbons (Fsp3) is 0.667. The van der Waals surface area contributed by atoms with Crippen molar-refractivity contribution in [2.24, 2.45) is 0 Å². The number of carbonyl (C=O) groups excluding carboxylic acids is 1. The first kappa shape index (κ1) is 16.9. The van der Waals surface area contributed by atoms with Gasteiger partial charge in [0, 0.05) is 26.7 Å². The van der Waals surface area contributed by atoms with Crippen LogP contribution in [0, 0.1) is 6.92 Å². The quantitative estimate of drug-likeness (QED) is 0.902. The predicted octanol–water partition coefficient (Wildman–Crippen LogP) is 3.02. The van der Waals surface area contributed by atoms with Gasteiger partial charge in [0.25, 0.3) is 0 Å². The highest BCUT2D eigenvalue weighted by molar-refractivity contribution is 5.71. The zero-order valence-electron chi connectivity index (χ0n) is 15.3. The van der Waals surface area contributed by atoms with Crippen LogP contribution in [-0.2, 0) is 4.74 Å². The van der Waals surface area contributed by atoms with Crippen LogP contribution in [0.2, 0.25) is 0 Å². The van der Waals surface area contributed by atoms with E-state index in [1.54, 1.807) is 0 Å². The van der Waals surface area contributed by atoms with E-state index in [1.165, 1.54) is 0 Å². The summed E-state index contributed by atoms with van der Waals surface area (Å²) in [5, 5.41) is 3.10. The Morgan fingerprint density at radius 1 is 1.33 bits per heavy atom. The average Bonchev–Trinajstić information content (AvgIpc) is 3.24. The van der Waals surface area contributed by atoms with Gasteiger partial charge in [-0.15, -0.1) is 0 Å². The summed E-state index contributed by atoms with van der Waals surface area (Å²) >= 11 is 0. The number of amides is 1. The number of carbonyl (C=O) groups is 1. The number of aryl methyl sites for hydroxylation is 1. The maximum atomic E-state index is 12.5. The molecule has 6 nitrogen and oxygen atoms in total. The van der Waals surface area contributed by atoms with Crippen molar-refractivity contribution in [3.8, 4) is 0 Å². The largest absolute Gasteiger partial charge is 0.444 e. The highest BCUT2D eigenvalue weighted by Gasteiger charge is 2.54. The van der Waals surface area contributed by atoms with E-state index in [2.05, 4.69) is 28.2 Å². The SMILES string of the molecule is CNc1ncc(N2CCN(C(=O)OC(C)(C)C)C3(CC3)C2)cc1C. The van der Waals surface area contributed by atoms with Crippen LogP contribution < -0.4 is 10.2 Å². The number of hydrogen-bond donors (Lipinski definition) is 1. The first-order chi connectivity index (χ1) is 11.2. The zero-order valence-corrected chi connectivity index (χ0v) is 15.3. The lowest BCUT2D eigenvalue weighted by Crippen LogP contribution is -2.58. The summed E-state index contributed by atoms with van der Waals surface area (Å²) in [7, 11) is 1.88. The molecule has 1 N–H and O–H groups in total. The summed E-state index contributed by atoms with van der Waals surface area (Å²) in [6.07, 6.45) is 3.82. The molecule has 1 saturated heterocycles. The van der Waals surface area contributed by atoms with Crippen LogP contribution in [0.4, 0.5) is 16.3 Å². The molecule has 1 amide bonds. The number of piperazine rings is 1. The fourth-order valence-corrected chi connectivity index (χ4v) is 3.37. The van der Waals surface area contributed by atoms with Gasteiger partial charge in [-0.2, -0.15) is 0 Å². The molecule has 2 fully saturated rings. The molecular weight excluding hydrogens is 304 g/mol. The Morgan fingerprint density at radius 2 is 2.04 bits per heavy atom. The van der Waals surface area contributed by atoms with Crippen molar-refractivity contribution in [1.29, 1.82) is 0 Å². The molecule has 0 unspecified atom stereocenters. The minimum absolute atomic E-state index is 0.0594. The van der Waals surface area contributed by atoms with Gasteiger partial charge in [0.2, 0.25) is 0 Å². The third-order valence-electron chi connectivity index (χ3n) is 4.76. The van der Waals surface area contributed by atoms with Crippen molar-refractivity contribution in [1.82, 2.24) is 9.88 Å². The van der Waals surface area contributed by atoms with Crippen molar-refractivity contribution in [2.75, 3.05) is 36.9 Å². The van der Waals surface area contributed by atoms with Crippen LogP contribution in [0.3, 0.4) is 0 Å². The van der Waals surface area contributed by atoms with E-state index in [0.29, 0.717) is 6.54 Å². The summed E-state index contributed by atoms with van der Waals surface area (Å²) < 4.78 is 5.59. The monoisotopic (exact) mass is 332 g/mol. The second-order valence-corrected chi connectivity index (χ2v) is 7.89. The Kier molecular flexibility index (Phi) is 4.10. The van der Waals surface area contributed by atoms with Gasteiger partial charge in [0.1, 0.15) is 11.4 Å². The molecule has 1 aromatic heterocycles. The van der Waals surface area contributed by atoms with Gasteiger partial charge in [0.15, 0.2) is 0 Å². The lowest BCUT2D eigenvalue weighted by molar-refractivity contribution is 0.0106. The first-order valence-corrected chi connectivity index (χ1v) is 8.64. The number of nitrogens with zero attached hydrogens (tertiary/aromatic N) is 3. The molecule has 2 aliphatic rings. The van der Waals surface area contributed by atoms with Crippen LogP contribution in [0.1, 0.15) is 39.2 Å². The Labute approximate surface area is 144 Å². The van der Waals surface area contributed by atoms with Crippen molar-refractivity contribution in [3.63, 3.8) is 0 Å². The van der Waals surface area contributed by atoms with Crippen LogP contribution in [-0.4, -0.2) is 53.8 Å². The summed E-state index contributed by atoms with van der Waals surface area (Å²) in [5.41, 5.74) is 1.75. The molecule has 2 heterocycles. The molecule has 0 atom stereocenters. The van der Waals surface area contributed by atoms with E-state index in [1.807, 2.05) is 38.9 Å². The second kappa shape index (κ2) is 5.83. The summed E-state index contributed by atoms with van der Waals surface area (Å²) in [6.45, 7) is 10.2. The lowest BCUT2D eigenvalue weighted by atomic mass is 10.1. The maximum Gasteiger partial charge on any atom is 0.410 e. The molecule has 0 aromatic carbocycles. The van der Waals surface area contributed by atoms with Gasteiger partial charge in [-0.05, 0) is 52.2 Å². The van der Waals surface area contributed by atoms with Crippen LogP contribution >= 0.6 is 0 Å². The van der Waals surface area contributed by atoms with E-state index in [0.717, 1.165) is 43.0 Å². The number of rotatable bonds is 2. The highest BCUT2D eigenvalue weighted by Crippen LogP contribution is 2.45. The molecule has 6 heteroatoms. The van der Waals surface area contributed by atoms with Crippen molar-refractivity contribution in [3.05, 3.63) is 17.8 Å². The standard InChI is InChI=1S/C18H28N4O2/c1-13-10-14(11-20-15(13)19-5)21-8-9-22(18(12-21)6-7-18)16(23)24-17(2,3)4/h10-11H,6-9,12H2,1-5H3,(H,19,20). The number of aromatic nitrogens is 1. The van der Waals surface area contributed by atoms with E-state index < -0.39 is 5.60 Å². The molecule has 132 valence electrons. The molecule has 1 aliphatic heterocycles. The summed E-state index contributed by atoms with van der Waals surface area (Å²) in [5.74, 6) is 0.910. The van der Waals surface area contributed by atoms with Crippen LogP contribution in [0.5, 0.6) is 0 Å². The third-order valence-corrected chi connectivity index (χ3v) is 4.76. The highest BCUT2D eigenvalue weighted by atomic mass is 16.6. The zero-order chi connectivity index (χ0) is 17.5. The van der Waals surface area contributed by atoms with Gasteiger partial charge >= 0.3 is 6.09 Å². The average molecular weight is 332 g/mol. The van der Waals surface area contributed by atoms with Gasteiger partial charge in [-0.3, -0.25) is 4.90 Å². The molecule has 1 saturated carbocycles. The molecule has 1 aromatic rings. The van der Waals surface area contributed by atoms with Gasteiger partial charge in [0.05, 0.1) is 17.4 Å². The molecular formula is C18H28N4O2. The van der Waals surface area contributed by atoms with Gasteiger partial charge in [-0.25, -0.2) is 9.78 Å². The molecule has 3 rings (SSSR count). The molecule has 1 aliphatic carbocycles. The topological polar surface area (TPSA) is 57.7 Å². The number of nitrogens with one attached hydrogen (secondary N) is 1. The Bertz CT molecular complexity index is 634. The van der Waals surface area contributed by atoms with E-state index in [-0.39, 0.29) is 11.6 Å². The smallest absolute Gasteiger partial charge is 0.410 e. The Balaban J connectivity index is 1.73. The molecule has 0 bridgehead atoms. The summed E-state index contributed by atoms with van der Waals surface area (Å²) in [6, 6.07) is 2.16. The van der Waals surface area contributed by atoms with Crippen molar-refractivity contribution < 1.29 is 9.53 Å². The number of ether oxygens (including phenoxy) is 1. The minimum atomic E-state index is -0.450. The maximum absolute atomic E-state index is 12.5. The Hall–Kier alpha value is -1.98. The lowest BCUT2D eigenvalue weighted by Gasteiger charge is -2.43. The predicted molar refractivity (Wildman–Crippen MR) is 95.6 cm³/mol. The molecule has 0 radical (unpaired) electrons. The van der Waals surface area contributed by atoms with Crippen molar-refractivity contribution in [2.45, 2.75) is 51.7 Å². The number of anilines is 2. The van der Waals surface area contributed by atoms with Crippen molar-refractivity contribution >= 4 is 17.6 Å². The van der Waals surface area contributed by atoms with Gasteiger partial charge in [-0.1, -0.05) is 0 Å².